The van der Waals surface area contributed by atoms with Crippen molar-refractivity contribution in [2.24, 2.45) is 0 Å². The number of rotatable bonds is 3. The first kappa shape index (κ1) is 12.5. The summed E-state index contributed by atoms with van der Waals surface area (Å²) in [4.78, 5) is 15.6. The van der Waals surface area contributed by atoms with Crippen LogP contribution >= 0.6 is 11.6 Å². The lowest BCUT2D eigenvalue weighted by Gasteiger charge is -2.06. The Kier molecular flexibility index (Phi) is 3.89. The molecule has 0 bridgehead atoms. The first-order valence-corrected chi connectivity index (χ1v) is 5.67. The van der Waals surface area contributed by atoms with Crippen LogP contribution < -0.4 is 5.32 Å². The normalized spacial score (nSPS) is 10.1. The minimum absolute atomic E-state index is 0.0587. The van der Waals surface area contributed by atoms with Crippen molar-refractivity contribution in [3.05, 3.63) is 64.7 Å². The van der Waals surface area contributed by atoms with Crippen molar-refractivity contribution < 1.29 is 9.18 Å². The summed E-state index contributed by atoms with van der Waals surface area (Å²) in [5.41, 5.74) is 0.831. The summed E-state index contributed by atoms with van der Waals surface area (Å²) < 4.78 is 13.4. The molecule has 0 saturated heterocycles. The fraction of sp³-hybridized carbons (Fsp3) is 0.0769. The molecular weight excluding hydrogens is 255 g/mol. The molecule has 2 rings (SSSR count). The van der Waals surface area contributed by atoms with Gasteiger partial charge in [-0.15, -0.1) is 0 Å². The van der Waals surface area contributed by atoms with Crippen molar-refractivity contribution in [2.45, 2.75) is 6.54 Å². The quantitative estimate of drug-likeness (QED) is 0.926. The van der Waals surface area contributed by atoms with E-state index in [4.69, 9.17) is 11.6 Å². The van der Waals surface area contributed by atoms with Crippen LogP contribution in [0.3, 0.4) is 0 Å². The summed E-state index contributed by atoms with van der Waals surface area (Å²) in [6, 6.07) is 7.42. The molecule has 2 aromatic rings. The topological polar surface area (TPSA) is 42.0 Å². The van der Waals surface area contributed by atoms with Crippen LogP contribution in [0.4, 0.5) is 4.39 Å². The largest absolute Gasteiger partial charge is 0.348 e. The molecule has 5 heteroatoms. The van der Waals surface area contributed by atoms with Crippen LogP contribution in [0.5, 0.6) is 0 Å². The highest BCUT2D eigenvalue weighted by molar-refractivity contribution is 6.30. The number of hydrogen-bond acceptors (Lipinski definition) is 2. The third-order valence-corrected chi connectivity index (χ3v) is 2.61. The van der Waals surface area contributed by atoms with Gasteiger partial charge in [-0.1, -0.05) is 11.6 Å². The van der Waals surface area contributed by atoms with Crippen molar-refractivity contribution in [1.29, 1.82) is 0 Å². The smallest absolute Gasteiger partial charge is 0.254 e. The van der Waals surface area contributed by atoms with E-state index in [-0.39, 0.29) is 5.56 Å². The number of nitrogens with zero attached hydrogens (tertiary/aromatic N) is 1. The molecular formula is C13H10ClFN2O. The number of aromatic nitrogens is 1. The molecule has 0 atom stereocenters. The number of halogens is 2. The number of amides is 1. The Morgan fingerprint density at radius 3 is 2.72 bits per heavy atom. The van der Waals surface area contributed by atoms with E-state index >= 15 is 0 Å². The van der Waals surface area contributed by atoms with E-state index in [1.54, 1.807) is 24.5 Å². The van der Waals surface area contributed by atoms with E-state index in [1.807, 2.05) is 0 Å². The summed E-state index contributed by atoms with van der Waals surface area (Å²) in [6.45, 7) is 0.313. The molecule has 1 aromatic heterocycles. The first-order valence-electron chi connectivity index (χ1n) is 5.29. The van der Waals surface area contributed by atoms with Crippen LogP contribution in [-0.4, -0.2) is 10.9 Å². The lowest BCUT2D eigenvalue weighted by Crippen LogP contribution is -2.23. The second-order valence-electron chi connectivity index (χ2n) is 3.66. The van der Waals surface area contributed by atoms with E-state index in [0.717, 1.165) is 5.56 Å². The molecule has 0 radical (unpaired) electrons. The average molecular weight is 265 g/mol. The molecule has 1 aromatic carbocycles. The monoisotopic (exact) mass is 264 g/mol. The van der Waals surface area contributed by atoms with Crippen molar-refractivity contribution in [1.82, 2.24) is 10.3 Å². The molecule has 18 heavy (non-hydrogen) atoms. The molecule has 0 unspecified atom stereocenters. The Morgan fingerprint density at radius 2 is 2.00 bits per heavy atom. The highest BCUT2D eigenvalue weighted by Crippen LogP contribution is 2.14. The van der Waals surface area contributed by atoms with Crippen LogP contribution in [0.25, 0.3) is 0 Å². The molecule has 1 amide bonds. The van der Waals surface area contributed by atoms with Gasteiger partial charge in [0.1, 0.15) is 5.82 Å². The zero-order valence-electron chi connectivity index (χ0n) is 9.36. The third kappa shape index (κ3) is 3.05. The van der Waals surface area contributed by atoms with Crippen LogP contribution in [-0.2, 0) is 6.54 Å². The van der Waals surface area contributed by atoms with Gasteiger partial charge in [-0.3, -0.25) is 9.78 Å². The van der Waals surface area contributed by atoms with Crippen LogP contribution in [0.1, 0.15) is 15.9 Å². The van der Waals surface area contributed by atoms with E-state index in [2.05, 4.69) is 10.3 Å². The molecule has 3 nitrogen and oxygen atoms in total. The van der Waals surface area contributed by atoms with Gasteiger partial charge in [-0.05, 0) is 35.9 Å². The van der Waals surface area contributed by atoms with Gasteiger partial charge in [0, 0.05) is 24.0 Å². The number of hydrogen-bond donors (Lipinski definition) is 1. The predicted octanol–water partition coefficient (Wildman–Crippen LogP) is 2.80. The minimum atomic E-state index is -0.591. The van der Waals surface area contributed by atoms with Crippen LogP contribution in [0, 0.1) is 5.82 Å². The Labute approximate surface area is 109 Å². The molecule has 92 valence electrons. The predicted molar refractivity (Wildman–Crippen MR) is 66.8 cm³/mol. The summed E-state index contributed by atoms with van der Waals surface area (Å²) >= 11 is 5.72. The lowest BCUT2D eigenvalue weighted by molar-refractivity contribution is 0.0947. The van der Waals surface area contributed by atoms with Crippen molar-refractivity contribution in [2.75, 3.05) is 0 Å². The Morgan fingerprint density at radius 1 is 1.28 bits per heavy atom. The van der Waals surface area contributed by atoms with E-state index in [9.17, 15) is 9.18 Å². The molecule has 0 aliphatic heterocycles. The van der Waals surface area contributed by atoms with Crippen molar-refractivity contribution >= 4 is 17.5 Å². The summed E-state index contributed by atoms with van der Waals surface area (Å²) in [5, 5.41) is 2.94. The fourth-order valence-corrected chi connectivity index (χ4v) is 1.62. The van der Waals surface area contributed by atoms with Gasteiger partial charge in [0.25, 0.3) is 5.91 Å². The van der Waals surface area contributed by atoms with Gasteiger partial charge in [0.05, 0.1) is 5.56 Å². The highest BCUT2D eigenvalue weighted by atomic mass is 35.5. The minimum Gasteiger partial charge on any atom is -0.348 e. The summed E-state index contributed by atoms with van der Waals surface area (Å²) in [7, 11) is 0. The average Bonchev–Trinajstić information content (AvgIpc) is 2.40. The maximum atomic E-state index is 13.4. The zero-order chi connectivity index (χ0) is 13.0. The summed E-state index contributed by atoms with van der Waals surface area (Å²) in [5.74, 6) is -1.08. The highest BCUT2D eigenvalue weighted by Gasteiger charge is 2.11. The third-order valence-electron chi connectivity index (χ3n) is 2.38. The Hall–Kier alpha value is -1.94. The van der Waals surface area contributed by atoms with Gasteiger partial charge in [-0.2, -0.15) is 0 Å². The van der Waals surface area contributed by atoms with Crippen LogP contribution in [0.2, 0.25) is 5.02 Å². The van der Waals surface area contributed by atoms with Crippen molar-refractivity contribution in [3.8, 4) is 0 Å². The number of carbonyl (C=O) groups is 1. The molecule has 0 aliphatic rings. The number of nitrogens with one attached hydrogen (secondary N) is 1. The van der Waals surface area contributed by atoms with Gasteiger partial charge in [0.2, 0.25) is 0 Å². The second kappa shape index (κ2) is 5.60. The molecule has 0 saturated carbocycles. The molecule has 0 fully saturated rings. The standard InChI is InChI=1S/C13H10ClFN2O/c14-10-1-2-12(15)11(7-10)13(18)17-8-9-3-5-16-6-4-9/h1-7H,8H2,(H,17,18). The molecule has 1 heterocycles. The number of pyridine rings is 1. The number of benzene rings is 1. The van der Waals surface area contributed by atoms with Crippen molar-refractivity contribution in [3.63, 3.8) is 0 Å². The van der Waals surface area contributed by atoms with Crippen LogP contribution in [0.15, 0.2) is 42.7 Å². The zero-order valence-corrected chi connectivity index (χ0v) is 10.1. The maximum Gasteiger partial charge on any atom is 0.254 e. The van der Waals surface area contributed by atoms with E-state index in [1.165, 1.54) is 18.2 Å². The molecule has 0 aliphatic carbocycles. The van der Waals surface area contributed by atoms with Gasteiger partial charge in [0.15, 0.2) is 0 Å². The van der Waals surface area contributed by atoms with Gasteiger partial charge < -0.3 is 5.32 Å². The number of carbonyl (C=O) groups excluding carboxylic acids is 1. The first-order chi connectivity index (χ1) is 8.66. The Balaban J connectivity index is 2.06. The van der Waals surface area contributed by atoms with E-state index in [0.29, 0.717) is 11.6 Å². The Bertz CT molecular complexity index is 560. The second-order valence-corrected chi connectivity index (χ2v) is 4.10. The fourth-order valence-electron chi connectivity index (χ4n) is 1.45. The SMILES string of the molecule is O=C(NCc1ccncc1)c1cc(Cl)ccc1F. The molecule has 1 N–H and O–H groups in total. The lowest BCUT2D eigenvalue weighted by atomic mass is 10.2. The summed E-state index contributed by atoms with van der Waals surface area (Å²) in [6.07, 6.45) is 3.25. The van der Waals surface area contributed by atoms with Gasteiger partial charge >= 0.3 is 0 Å². The van der Waals surface area contributed by atoms with E-state index < -0.39 is 11.7 Å². The molecule has 0 spiro atoms. The maximum absolute atomic E-state index is 13.4. The van der Waals surface area contributed by atoms with Gasteiger partial charge in [-0.25, -0.2) is 4.39 Å².